The van der Waals surface area contributed by atoms with E-state index in [0.29, 0.717) is 30.8 Å². The summed E-state index contributed by atoms with van der Waals surface area (Å²) in [5.41, 5.74) is 1.79. The molecular weight excluding hydrogens is 494 g/mol. The van der Waals surface area contributed by atoms with E-state index in [1.54, 1.807) is 12.4 Å². The van der Waals surface area contributed by atoms with Crippen molar-refractivity contribution in [1.82, 2.24) is 19.9 Å². The summed E-state index contributed by atoms with van der Waals surface area (Å²) in [5.74, 6) is 2.63. The summed E-state index contributed by atoms with van der Waals surface area (Å²) in [4.78, 5) is 20.5. The number of nitrogens with zero attached hydrogens (tertiary/aromatic N) is 5. The van der Waals surface area contributed by atoms with Gasteiger partial charge >= 0.3 is 0 Å². The largest absolute Gasteiger partial charge is 0.488 e. The molecule has 37 heavy (non-hydrogen) atoms. The first kappa shape index (κ1) is 25.6. The zero-order chi connectivity index (χ0) is 25.5. The Balaban J connectivity index is 1.25. The maximum absolute atomic E-state index is 8.87. The lowest BCUT2D eigenvalue weighted by molar-refractivity contribution is 0.122. The monoisotopic (exact) mass is 527 g/mol. The molecule has 0 radical (unpaired) electrons. The Bertz CT molecular complexity index is 1160. The van der Waals surface area contributed by atoms with Gasteiger partial charge in [-0.25, -0.2) is 9.97 Å². The van der Waals surface area contributed by atoms with Crippen LogP contribution in [0.15, 0.2) is 30.7 Å². The summed E-state index contributed by atoms with van der Waals surface area (Å²) >= 11 is 1.53. The first-order valence-electron chi connectivity index (χ1n) is 12.6. The Morgan fingerprint density at radius 3 is 2.59 bits per heavy atom. The minimum atomic E-state index is -0.0412. The summed E-state index contributed by atoms with van der Waals surface area (Å²) in [7, 11) is 0. The summed E-state index contributed by atoms with van der Waals surface area (Å²) in [5, 5.41) is 13.2. The molecule has 12 heteroatoms. The van der Waals surface area contributed by atoms with Crippen LogP contribution in [0.1, 0.15) is 25.7 Å². The van der Waals surface area contributed by atoms with Crippen LogP contribution in [0.2, 0.25) is 0 Å². The van der Waals surface area contributed by atoms with Crippen molar-refractivity contribution in [3.63, 3.8) is 0 Å². The molecule has 0 atom stereocenters. The van der Waals surface area contributed by atoms with Crippen molar-refractivity contribution in [2.75, 3.05) is 60.7 Å². The summed E-state index contributed by atoms with van der Waals surface area (Å²) in [6, 6.07) is 4.37. The first-order valence-corrected chi connectivity index (χ1v) is 13.9. The van der Waals surface area contributed by atoms with E-state index >= 15 is 0 Å². The summed E-state index contributed by atoms with van der Waals surface area (Å²) < 4.78 is 20.6. The Morgan fingerprint density at radius 1 is 1.08 bits per heavy atom. The van der Waals surface area contributed by atoms with Gasteiger partial charge in [-0.15, -0.1) is 0 Å². The van der Waals surface area contributed by atoms with Gasteiger partial charge in [-0.3, -0.25) is 4.98 Å². The highest BCUT2D eigenvalue weighted by Gasteiger charge is 2.25. The number of aliphatic hydroxyl groups excluding tert-OH is 1. The molecule has 2 fully saturated rings. The number of morpholine rings is 1. The number of aromatic nitrogens is 4. The molecule has 1 saturated heterocycles. The third kappa shape index (κ3) is 6.62. The van der Waals surface area contributed by atoms with E-state index in [2.05, 4.69) is 31.0 Å². The van der Waals surface area contributed by atoms with Crippen LogP contribution in [0, 0.1) is 0 Å². The number of aliphatic hydroxyl groups is 1. The highest BCUT2D eigenvalue weighted by Crippen LogP contribution is 2.33. The Kier molecular flexibility index (Phi) is 8.59. The number of pyridine rings is 2. The molecule has 0 unspecified atom stereocenters. The van der Waals surface area contributed by atoms with E-state index in [1.807, 2.05) is 18.5 Å². The highest BCUT2D eigenvalue weighted by molar-refractivity contribution is 7.99. The summed E-state index contributed by atoms with van der Waals surface area (Å²) in [6.45, 7) is 3.18. The fraction of sp³-hybridized carbons (Fsp3) is 0.520. The first-order chi connectivity index (χ1) is 18.2. The lowest BCUT2D eigenvalue weighted by Crippen LogP contribution is -2.37. The van der Waals surface area contributed by atoms with Gasteiger partial charge in [0.1, 0.15) is 18.5 Å². The van der Waals surface area contributed by atoms with Gasteiger partial charge in [0.25, 0.3) is 0 Å². The zero-order valence-electron chi connectivity index (χ0n) is 20.9. The van der Waals surface area contributed by atoms with Gasteiger partial charge in [-0.1, -0.05) is 11.9 Å². The maximum Gasteiger partial charge on any atom is 0.225 e. The van der Waals surface area contributed by atoms with Crippen molar-refractivity contribution >= 4 is 40.3 Å². The van der Waals surface area contributed by atoms with Crippen LogP contribution < -0.4 is 24.4 Å². The lowest BCUT2D eigenvalue weighted by Gasteiger charge is -2.31. The molecular formula is C25H33N7O4S. The van der Waals surface area contributed by atoms with Crippen molar-refractivity contribution in [3.05, 3.63) is 30.7 Å². The van der Waals surface area contributed by atoms with E-state index in [4.69, 9.17) is 29.3 Å². The SMILES string of the molecule is CSNc1cnc2cc(N3CCOCC3)nc(OC3CCC(Nc4ncc(OCCO)cn4)CC3)c2c1. The Labute approximate surface area is 220 Å². The number of nitrogens with one attached hydrogen (secondary N) is 2. The van der Waals surface area contributed by atoms with E-state index in [-0.39, 0.29) is 25.4 Å². The van der Waals surface area contributed by atoms with Crippen LogP contribution >= 0.6 is 11.9 Å². The highest BCUT2D eigenvalue weighted by atomic mass is 32.2. The topological polar surface area (TPSA) is 127 Å². The summed E-state index contributed by atoms with van der Waals surface area (Å²) in [6.07, 6.45) is 10.8. The molecule has 3 aromatic rings. The van der Waals surface area contributed by atoms with Gasteiger partial charge in [-0.05, 0) is 31.7 Å². The van der Waals surface area contributed by atoms with Crippen LogP contribution in [0.25, 0.3) is 10.9 Å². The van der Waals surface area contributed by atoms with E-state index < -0.39 is 0 Å². The molecule has 1 saturated carbocycles. The van der Waals surface area contributed by atoms with Crippen LogP contribution in [-0.2, 0) is 4.74 Å². The molecule has 2 aliphatic rings. The van der Waals surface area contributed by atoms with Gasteiger partial charge in [0, 0.05) is 31.5 Å². The molecule has 1 aliphatic carbocycles. The minimum absolute atomic E-state index is 0.0412. The second-order valence-electron chi connectivity index (χ2n) is 9.03. The van der Waals surface area contributed by atoms with Crippen LogP contribution in [0.5, 0.6) is 11.6 Å². The number of hydrogen-bond acceptors (Lipinski definition) is 12. The number of fused-ring (bicyclic) bond motifs is 1. The lowest BCUT2D eigenvalue weighted by atomic mass is 9.93. The molecule has 0 aromatic carbocycles. The molecule has 11 nitrogen and oxygen atoms in total. The fourth-order valence-electron chi connectivity index (χ4n) is 4.59. The second-order valence-corrected chi connectivity index (χ2v) is 9.64. The van der Waals surface area contributed by atoms with E-state index in [0.717, 1.165) is 61.2 Å². The number of hydrogen-bond donors (Lipinski definition) is 3. The molecule has 198 valence electrons. The second kappa shape index (κ2) is 12.4. The number of rotatable bonds is 10. The third-order valence-corrected chi connectivity index (χ3v) is 6.90. The third-order valence-electron chi connectivity index (χ3n) is 6.46. The molecule has 5 rings (SSSR count). The average molecular weight is 528 g/mol. The average Bonchev–Trinajstić information content (AvgIpc) is 2.94. The van der Waals surface area contributed by atoms with Gasteiger partial charge in [0.15, 0.2) is 5.75 Å². The number of anilines is 3. The quantitative estimate of drug-likeness (QED) is 0.335. The van der Waals surface area contributed by atoms with E-state index in [1.165, 1.54) is 11.9 Å². The van der Waals surface area contributed by atoms with Crippen molar-refractivity contribution in [2.45, 2.75) is 37.8 Å². The van der Waals surface area contributed by atoms with Crippen molar-refractivity contribution in [3.8, 4) is 11.6 Å². The number of ether oxygens (including phenoxy) is 3. The van der Waals surface area contributed by atoms with Gasteiger partial charge in [-0.2, -0.15) is 4.98 Å². The normalized spacial score (nSPS) is 20.0. The molecule has 0 bridgehead atoms. The zero-order valence-corrected chi connectivity index (χ0v) is 21.7. The molecule has 1 aliphatic heterocycles. The van der Waals surface area contributed by atoms with Crippen LogP contribution in [-0.4, -0.2) is 83.0 Å². The van der Waals surface area contributed by atoms with Crippen molar-refractivity contribution < 1.29 is 19.3 Å². The molecule has 3 N–H and O–H groups in total. The molecule has 0 amide bonds. The van der Waals surface area contributed by atoms with E-state index in [9.17, 15) is 0 Å². The Hall–Kier alpha value is -3.09. The molecule has 3 aromatic heterocycles. The minimum Gasteiger partial charge on any atom is -0.488 e. The Morgan fingerprint density at radius 2 is 1.86 bits per heavy atom. The van der Waals surface area contributed by atoms with Gasteiger partial charge < -0.3 is 34.3 Å². The van der Waals surface area contributed by atoms with Crippen LogP contribution in [0.3, 0.4) is 0 Å². The van der Waals surface area contributed by atoms with Crippen molar-refractivity contribution in [1.29, 1.82) is 0 Å². The predicted molar refractivity (Wildman–Crippen MR) is 145 cm³/mol. The predicted octanol–water partition coefficient (Wildman–Crippen LogP) is 3.12. The smallest absolute Gasteiger partial charge is 0.225 e. The van der Waals surface area contributed by atoms with Gasteiger partial charge in [0.05, 0.1) is 55.0 Å². The maximum atomic E-state index is 8.87. The molecule has 4 heterocycles. The van der Waals surface area contributed by atoms with Crippen molar-refractivity contribution in [2.24, 2.45) is 0 Å². The van der Waals surface area contributed by atoms with Crippen LogP contribution in [0.4, 0.5) is 17.5 Å². The van der Waals surface area contributed by atoms with Gasteiger partial charge in [0.2, 0.25) is 11.8 Å². The standard InChI is InChI=1S/C25H33N7O4S/c1-37-31-18-12-21-22(26-14-18)13-23(32-6-9-34-10-7-32)30-24(21)36-19-4-2-17(3-5-19)29-25-27-15-20(16-28-25)35-11-8-33/h12-17,19,31,33H,2-11H2,1H3,(H,27,28,29). The fourth-order valence-corrected chi connectivity index (χ4v) is 4.94. The molecule has 0 spiro atoms.